The van der Waals surface area contributed by atoms with Crippen LogP contribution < -0.4 is 0 Å². The van der Waals surface area contributed by atoms with E-state index in [0.29, 0.717) is 17.5 Å². The number of halogens is 1. The first-order valence-corrected chi connectivity index (χ1v) is 5.84. The monoisotopic (exact) mass is 224 g/mol. The van der Waals surface area contributed by atoms with Gasteiger partial charge in [-0.3, -0.25) is 0 Å². The third kappa shape index (κ3) is 1.67. The Morgan fingerprint density at radius 3 is 2.93 bits per heavy atom. The third-order valence-electron chi connectivity index (χ3n) is 3.03. The molecule has 4 nitrogen and oxygen atoms in total. The van der Waals surface area contributed by atoms with Gasteiger partial charge in [0, 0.05) is 24.3 Å². The molecule has 80 valence electrons. The maximum Gasteiger partial charge on any atom is 0.195 e. The highest BCUT2D eigenvalue weighted by Gasteiger charge is 2.31. The first-order valence-electron chi connectivity index (χ1n) is 5.40. The lowest BCUT2D eigenvalue weighted by molar-refractivity contribution is 0.484. The molecule has 0 spiro atoms. The fourth-order valence-corrected chi connectivity index (χ4v) is 2.17. The molecule has 0 amide bonds. The number of aromatic nitrogens is 3. The third-order valence-corrected chi connectivity index (χ3v) is 3.41. The molecule has 1 aliphatic heterocycles. The van der Waals surface area contributed by atoms with E-state index in [-0.39, 0.29) is 5.38 Å². The summed E-state index contributed by atoms with van der Waals surface area (Å²) in [5.41, 5.74) is 0.614. The van der Waals surface area contributed by atoms with Crippen molar-refractivity contribution < 1.29 is 0 Å². The molecule has 1 saturated carbocycles. The molecule has 1 aromatic heterocycles. The molecule has 2 aliphatic rings. The number of aryl methyl sites for hydroxylation is 1. The van der Waals surface area contributed by atoms with Crippen LogP contribution in [-0.2, 0) is 13.0 Å². The molecule has 2 heterocycles. The Balaban J connectivity index is 1.88. The summed E-state index contributed by atoms with van der Waals surface area (Å²) in [6, 6.07) is 0. The standard InChI is InChI=1S/C10H13ClN4/c11-7-3-4-15-8(5-7)13-10(14-15)9(12)6-1-2-6/h6-7,12H,1-5H2/t7-/m1/s1. The molecule has 1 fully saturated rings. The molecule has 1 N–H and O–H groups in total. The van der Waals surface area contributed by atoms with Crippen molar-refractivity contribution in [3.63, 3.8) is 0 Å². The second kappa shape index (κ2) is 3.30. The highest BCUT2D eigenvalue weighted by molar-refractivity contribution is 6.20. The minimum atomic E-state index is 0.185. The Kier molecular flexibility index (Phi) is 2.06. The van der Waals surface area contributed by atoms with Gasteiger partial charge in [-0.05, 0) is 19.3 Å². The van der Waals surface area contributed by atoms with Crippen LogP contribution in [0, 0.1) is 11.3 Å². The van der Waals surface area contributed by atoms with E-state index in [9.17, 15) is 0 Å². The Morgan fingerprint density at radius 1 is 1.40 bits per heavy atom. The van der Waals surface area contributed by atoms with Crippen LogP contribution in [0.3, 0.4) is 0 Å². The van der Waals surface area contributed by atoms with Gasteiger partial charge in [-0.1, -0.05) is 0 Å². The zero-order chi connectivity index (χ0) is 10.4. The fourth-order valence-electron chi connectivity index (χ4n) is 1.94. The molecule has 5 heteroatoms. The van der Waals surface area contributed by atoms with Crippen molar-refractivity contribution in [1.82, 2.24) is 14.8 Å². The van der Waals surface area contributed by atoms with Crippen molar-refractivity contribution in [2.45, 2.75) is 37.6 Å². The number of nitrogens with one attached hydrogen (secondary N) is 1. The van der Waals surface area contributed by atoms with Gasteiger partial charge in [0.15, 0.2) is 5.82 Å². The summed E-state index contributed by atoms with van der Waals surface area (Å²) >= 11 is 6.07. The average molecular weight is 225 g/mol. The summed E-state index contributed by atoms with van der Waals surface area (Å²) in [5, 5.41) is 12.5. The van der Waals surface area contributed by atoms with Crippen LogP contribution in [0.5, 0.6) is 0 Å². The number of rotatable bonds is 2. The molecule has 0 unspecified atom stereocenters. The lowest BCUT2D eigenvalue weighted by atomic mass is 10.2. The van der Waals surface area contributed by atoms with Crippen molar-refractivity contribution in [2.75, 3.05) is 0 Å². The average Bonchev–Trinajstić information content (AvgIpc) is 2.97. The normalized spacial score (nSPS) is 25.0. The molecule has 1 aromatic rings. The van der Waals surface area contributed by atoms with Gasteiger partial charge in [-0.2, -0.15) is 0 Å². The summed E-state index contributed by atoms with van der Waals surface area (Å²) in [5.74, 6) is 1.99. The van der Waals surface area contributed by atoms with Crippen LogP contribution in [-0.4, -0.2) is 25.9 Å². The maximum absolute atomic E-state index is 7.91. The predicted molar refractivity (Wildman–Crippen MR) is 57.5 cm³/mol. The zero-order valence-corrected chi connectivity index (χ0v) is 9.17. The summed E-state index contributed by atoms with van der Waals surface area (Å²) in [4.78, 5) is 4.41. The molecule has 0 radical (unpaired) electrons. The van der Waals surface area contributed by atoms with Crippen LogP contribution in [0.25, 0.3) is 0 Å². The van der Waals surface area contributed by atoms with E-state index < -0.39 is 0 Å². The van der Waals surface area contributed by atoms with E-state index >= 15 is 0 Å². The van der Waals surface area contributed by atoms with Crippen molar-refractivity contribution in [2.24, 2.45) is 5.92 Å². The van der Waals surface area contributed by atoms with E-state index in [2.05, 4.69) is 10.1 Å². The second-order valence-corrected chi connectivity index (χ2v) is 4.97. The minimum Gasteiger partial charge on any atom is -0.301 e. The smallest absolute Gasteiger partial charge is 0.195 e. The van der Waals surface area contributed by atoms with E-state index in [1.165, 1.54) is 0 Å². The van der Waals surface area contributed by atoms with E-state index in [4.69, 9.17) is 17.0 Å². The van der Waals surface area contributed by atoms with Crippen LogP contribution in [0.4, 0.5) is 0 Å². The number of nitrogens with zero attached hydrogens (tertiary/aromatic N) is 3. The van der Waals surface area contributed by atoms with Crippen LogP contribution in [0.1, 0.15) is 30.9 Å². The molecule has 0 bridgehead atoms. The molecular formula is C10H13ClN4. The van der Waals surface area contributed by atoms with E-state index in [0.717, 1.165) is 38.1 Å². The summed E-state index contributed by atoms with van der Waals surface area (Å²) in [6.45, 7) is 0.842. The summed E-state index contributed by atoms with van der Waals surface area (Å²) in [6.07, 6.45) is 3.99. The minimum absolute atomic E-state index is 0.185. The SMILES string of the molecule is N=C(c1nc2n(n1)CC[C@@H](Cl)C2)C1CC1. The fraction of sp³-hybridized carbons (Fsp3) is 0.700. The molecule has 0 aromatic carbocycles. The summed E-state index contributed by atoms with van der Waals surface area (Å²) in [7, 11) is 0. The largest absolute Gasteiger partial charge is 0.301 e. The maximum atomic E-state index is 7.91. The van der Waals surface area contributed by atoms with Crippen molar-refractivity contribution in [3.05, 3.63) is 11.6 Å². The van der Waals surface area contributed by atoms with Crippen molar-refractivity contribution >= 4 is 17.3 Å². The van der Waals surface area contributed by atoms with Gasteiger partial charge in [0.25, 0.3) is 0 Å². The van der Waals surface area contributed by atoms with E-state index in [1.54, 1.807) is 0 Å². The quantitative estimate of drug-likeness (QED) is 0.613. The zero-order valence-electron chi connectivity index (χ0n) is 8.41. The lowest BCUT2D eigenvalue weighted by Crippen LogP contribution is -2.20. The molecule has 3 rings (SSSR count). The van der Waals surface area contributed by atoms with Crippen LogP contribution in [0.2, 0.25) is 0 Å². The molecule has 1 atom stereocenters. The Hall–Kier alpha value is -0.900. The predicted octanol–water partition coefficient (Wildman–Crippen LogP) is 1.61. The van der Waals surface area contributed by atoms with Gasteiger partial charge in [0.1, 0.15) is 5.82 Å². The summed E-state index contributed by atoms with van der Waals surface area (Å²) < 4.78 is 1.91. The Morgan fingerprint density at radius 2 is 2.20 bits per heavy atom. The van der Waals surface area contributed by atoms with Crippen molar-refractivity contribution in [3.8, 4) is 0 Å². The Labute approximate surface area is 93.2 Å². The molecule has 15 heavy (non-hydrogen) atoms. The van der Waals surface area contributed by atoms with Gasteiger partial charge in [-0.25, -0.2) is 9.67 Å². The number of hydrogen-bond acceptors (Lipinski definition) is 3. The first-order chi connectivity index (χ1) is 7.24. The topological polar surface area (TPSA) is 54.6 Å². The molecule has 1 aliphatic carbocycles. The number of hydrogen-bond donors (Lipinski definition) is 1. The molecular weight excluding hydrogens is 212 g/mol. The van der Waals surface area contributed by atoms with Gasteiger partial charge in [0.2, 0.25) is 0 Å². The number of alkyl halides is 1. The van der Waals surface area contributed by atoms with Gasteiger partial charge >= 0.3 is 0 Å². The van der Waals surface area contributed by atoms with Gasteiger partial charge in [-0.15, -0.1) is 16.7 Å². The lowest BCUT2D eigenvalue weighted by Gasteiger charge is -2.15. The van der Waals surface area contributed by atoms with Crippen LogP contribution in [0.15, 0.2) is 0 Å². The van der Waals surface area contributed by atoms with Crippen molar-refractivity contribution in [1.29, 1.82) is 5.41 Å². The highest BCUT2D eigenvalue weighted by atomic mass is 35.5. The second-order valence-electron chi connectivity index (χ2n) is 4.35. The first kappa shape index (κ1) is 9.33. The molecule has 0 saturated heterocycles. The Bertz CT molecular complexity index is 408. The van der Waals surface area contributed by atoms with Crippen LogP contribution >= 0.6 is 11.6 Å². The van der Waals surface area contributed by atoms with E-state index in [1.807, 2.05) is 4.68 Å². The van der Waals surface area contributed by atoms with Gasteiger partial charge < -0.3 is 5.41 Å². The number of fused-ring (bicyclic) bond motifs is 1. The van der Waals surface area contributed by atoms with Gasteiger partial charge in [0.05, 0.1) is 5.71 Å². The highest BCUT2D eigenvalue weighted by Crippen LogP contribution is 2.32.